The Hall–Kier alpha value is -1.03. The fraction of sp³-hybridized carbons (Fsp3) is 0.333. The molecule has 4 heteroatoms. The third-order valence-corrected chi connectivity index (χ3v) is 1.84. The first-order chi connectivity index (χ1) is 6.02. The lowest BCUT2D eigenvalue weighted by atomic mass is 10.1. The molecule has 1 nitrogen and oxygen atoms in total. The summed E-state index contributed by atoms with van der Waals surface area (Å²) in [5.74, 6) is -0.412. The van der Waals surface area contributed by atoms with E-state index < -0.39 is 18.3 Å². The van der Waals surface area contributed by atoms with Crippen molar-refractivity contribution in [3.63, 3.8) is 0 Å². The molecule has 0 saturated heterocycles. The summed E-state index contributed by atoms with van der Waals surface area (Å²) >= 11 is 0. The van der Waals surface area contributed by atoms with Crippen LogP contribution in [0.4, 0.5) is 13.2 Å². The van der Waals surface area contributed by atoms with Crippen LogP contribution in [0.15, 0.2) is 18.2 Å². The Balaban J connectivity index is 2.97. The van der Waals surface area contributed by atoms with Gasteiger partial charge in [0, 0.05) is 0 Å². The predicted molar refractivity (Wildman–Crippen MR) is 44.1 cm³/mol. The van der Waals surface area contributed by atoms with Gasteiger partial charge in [-0.25, -0.2) is 13.2 Å². The summed E-state index contributed by atoms with van der Waals surface area (Å²) in [5.41, 5.74) is 5.77. The fourth-order valence-corrected chi connectivity index (χ4v) is 1.02. The molecule has 1 atom stereocenters. The average molecular weight is 189 g/mol. The first-order valence-electron chi connectivity index (χ1n) is 3.82. The largest absolute Gasteiger partial charge is 0.319 e. The Morgan fingerprint density at radius 1 is 1.31 bits per heavy atom. The Labute approximate surface area is 74.4 Å². The number of nitrogens with two attached hydrogens (primary N) is 1. The molecule has 0 aliphatic heterocycles. The lowest BCUT2D eigenvalue weighted by Crippen LogP contribution is -2.19. The molecule has 0 aliphatic carbocycles. The molecule has 0 aromatic heterocycles. The van der Waals surface area contributed by atoms with Gasteiger partial charge in [0.05, 0.1) is 6.04 Å². The number of halogens is 3. The van der Waals surface area contributed by atoms with Gasteiger partial charge in [-0.2, -0.15) is 0 Å². The zero-order chi connectivity index (χ0) is 10.0. The highest BCUT2D eigenvalue weighted by Crippen LogP contribution is 2.19. The molecule has 0 heterocycles. The Morgan fingerprint density at radius 2 is 1.92 bits per heavy atom. The maximum absolute atomic E-state index is 12.7. The monoisotopic (exact) mass is 189 g/mol. The van der Waals surface area contributed by atoms with Crippen LogP contribution < -0.4 is 5.73 Å². The molecular formula is C9H10F3N. The number of rotatable bonds is 2. The summed E-state index contributed by atoms with van der Waals surface area (Å²) in [6, 6.07) is 2.43. The van der Waals surface area contributed by atoms with Crippen molar-refractivity contribution in [2.24, 2.45) is 5.73 Å². The summed E-state index contributed by atoms with van der Waals surface area (Å²) in [7, 11) is 0. The van der Waals surface area contributed by atoms with Gasteiger partial charge in [0.15, 0.2) is 0 Å². The molecule has 0 amide bonds. The van der Waals surface area contributed by atoms with E-state index in [1.807, 2.05) is 0 Å². The van der Waals surface area contributed by atoms with Gasteiger partial charge in [0.1, 0.15) is 5.82 Å². The van der Waals surface area contributed by atoms with Gasteiger partial charge in [0.2, 0.25) is 0 Å². The van der Waals surface area contributed by atoms with E-state index in [2.05, 4.69) is 0 Å². The van der Waals surface area contributed by atoms with Gasteiger partial charge in [0.25, 0.3) is 6.43 Å². The molecular weight excluding hydrogens is 179 g/mol. The summed E-state index contributed by atoms with van der Waals surface area (Å²) in [4.78, 5) is 0. The fourth-order valence-electron chi connectivity index (χ4n) is 1.02. The van der Waals surface area contributed by atoms with E-state index in [0.717, 1.165) is 6.07 Å². The van der Waals surface area contributed by atoms with Crippen LogP contribution in [-0.2, 0) is 0 Å². The number of aryl methyl sites for hydroxylation is 1. The first kappa shape index (κ1) is 10.1. The molecule has 0 spiro atoms. The van der Waals surface area contributed by atoms with Crippen LogP contribution >= 0.6 is 0 Å². The van der Waals surface area contributed by atoms with Crippen LogP contribution in [-0.4, -0.2) is 6.43 Å². The van der Waals surface area contributed by atoms with E-state index in [-0.39, 0.29) is 5.56 Å². The lowest BCUT2D eigenvalue weighted by Gasteiger charge is -2.11. The second-order valence-corrected chi connectivity index (χ2v) is 2.87. The van der Waals surface area contributed by atoms with E-state index in [9.17, 15) is 13.2 Å². The van der Waals surface area contributed by atoms with Gasteiger partial charge >= 0.3 is 0 Å². The highest BCUT2D eigenvalue weighted by molar-refractivity contribution is 5.26. The quantitative estimate of drug-likeness (QED) is 0.759. The van der Waals surface area contributed by atoms with Crippen LogP contribution in [0.3, 0.4) is 0 Å². The summed E-state index contributed by atoms with van der Waals surface area (Å²) in [6.07, 6.45) is -2.62. The molecule has 0 fully saturated rings. The van der Waals surface area contributed by atoms with Crippen LogP contribution in [0.1, 0.15) is 17.2 Å². The number of hydrogen-bond acceptors (Lipinski definition) is 1. The van der Waals surface area contributed by atoms with Crippen LogP contribution in [0, 0.1) is 12.7 Å². The van der Waals surface area contributed by atoms with Gasteiger partial charge in [-0.05, 0) is 24.1 Å². The highest BCUT2D eigenvalue weighted by Gasteiger charge is 2.17. The van der Waals surface area contributed by atoms with Crippen molar-refractivity contribution < 1.29 is 13.2 Å². The summed E-state index contributed by atoms with van der Waals surface area (Å²) < 4.78 is 37.0. The lowest BCUT2D eigenvalue weighted by molar-refractivity contribution is 0.116. The Kier molecular flexibility index (Phi) is 2.93. The molecule has 0 aliphatic rings. The number of alkyl halides is 2. The maximum atomic E-state index is 12.7. The molecule has 0 unspecified atom stereocenters. The van der Waals surface area contributed by atoms with Gasteiger partial charge < -0.3 is 5.73 Å². The van der Waals surface area contributed by atoms with Gasteiger partial charge in [-0.15, -0.1) is 0 Å². The minimum Gasteiger partial charge on any atom is -0.319 e. The Morgan fingerprint density at radius 3 is 2.38 bits per heavy atom. The van der Waals surface area contributed by atoms with E-state index in [1.54, 1.807) is 0 Å². The van der Waals surface area contributed by atoms with Crippen molar-refractivity contribution >= 4 is 0 Å². The topological polar surface area (TPSA) is 26.0 Å². The van der Waals surface area contributed by atoms with Crippen molar-refractivity contribution in [1.29, 1.82) is 0 Å². The second kappa shape index (κ2) is 3.79. The zero-order valence-electron chi connectivity index (χ0n) is 7.10. The molecule has 72 valence electrons. The molecule has 0 bridgehead atoms. The van der Waals surface area contributed by atoms with E-state index >= 15 is 0 Å². The third-order valence-electron chi connectivity index (χ3n) is 1.84. The molecule has 2 N–H and O–H groups in total. The van der Waals surface area contributed by atoms with Crippen LogP contribution in [0.5, 0.6) is 0 Å². The van der Waals surface area contributed by atoms with E-state index in [4.69, 9.17) is 5.73 Å². The molecule has 0 saturated carbocycles. The standard InChI is InChI=1S/C9H10F3N/c1-5-4-6(2-3-7(5)10)8(13)9(11)12/h2-4,8-9H,13H2,1H3/t8-/m0/s1. The van der Waals surface area contributed by atoms with Crippen molar-refractivity contribution in [3.8, 4) is 0 Å². The smallest absolute Gasteiger partial charge is 0.257 e. The molecule has 1 rings (SSSR count). The zero-order valence-corrected chi connectivity index (χ0v) is 7.10. The summed E-state index contributed by atoms with van der Waals surface area (Å²) in [5, 5.41) is 0. The molecule has 1 aromatic carbocycles. The minimum absolute atomic E-state index is 0.258. The van der Waals surface area contributed by atoms with Crippen molar-refractivity contribution in [1.82, 2.24) is 0 Å². The van der Waals surface area contributed by atoms with Crippen molar-refractivity contribution in [2.75, 3.05) is 0 Å². The highest BCUT2D eigenvalue weighted by atomic mass is 19.3. The van der Waals surface area contributed by atoms with Gasteiger partial charge in [-0.3, -0.25) is 0 Å². The summed E-state index contributed by atoms with van der Waals surface area (Å²) in [6.45, 7) is 1.51. The average Bonchev–Trinajstić information content (AvgIpc) is 2.08. The SMILES string of the molecule is Cc1cc([C@H](N)C(F)F)ccc1F. The normalized spacial score (nSPS) is 13.4. The van der Waals surface area contributed by atoms with Gasteiger partial charge in [-0.1, -0.05) is 12.1 Å². The first-order valence-corrected chi connectivity index (χ1v) is 3.82. The molecule has 1 aromatic rings. The van der Waals surface area contributed by atoms with E-state index in [0.29, 0.717) is 5.56 Å². The van der Waals surface area contributed by atoms with E-state index in [1.165, 1.54) is 19.1 Å². The molecule has 13 heavy (non-hydrogen) atoms. The van der Waals surface area contributed by atoms with Crippen molar-refractivity contribution in [2.45, 2.75) is 19.4 Å². The second-order valence-electron chi connectivity index (χ2n) is 2.87. The Bertz CT molecular complexity index is 299. The number of benzene rings is 1. The predicted octanol–water partition coefficient (Wildman–Crippen LogP) is 2.40. The minimum atomic E-state index is -2.62. The maximum Gasteiger partial charge on any atom is 0.257 e. The number of hydrogen-bond donors (Lipinski definition) is 1. The van der Waals surface area contributed by atoms with Crippen LogP contribution in [0.25, 0.3) is 0 Å². The molecule has 0 radical (unpaired) electrons. The van der Waals surface area contributed by atoms with Crippen LogP contribution in [0.2, 0.25) is 0 Å². The third kappa shape index (κ3) is 2.21. The van der Waals surface area contributed by atoms with Crippen molar-refractivity contribution in [3.05, 3.63) is 35.1 Å².